The van der Waals surface area contributed by atoms with Crippen LogP contribution in [0, 0.1) is 11.3 Å². The Hall–Kier alpha value is -1.17. The molecule has 1 saturated carbocycles. The normalized spacial score (nSPS) is 33.9. The minimum absolute atomic E-state index is 0.118. The maximum absolute atomic E-state index is 12.4. The van der Waals surface area contributed by atoms with Gasteiger partial charge in [0.05, 0.1) is 22.7 Å². The van der Waals surface area contributed by atoms with Crippen LogP contribution in [0.1, 0.15) is 37.0 Å². The van der Waals surface area contributed by atoms with Gasteiger partial charge in [-0.2, -0.15) is 0 Å². The molecule has 2 unspecified atom stereocenters. The smallest absolute Gasteiger partial charge is 0.253 e. The minimum atomic E-state index is -0.499. The molecular weight excluding hydrogens is 314 g/mol. The molecule has 6 heteroatoms. The molecule has 2 aliphatic rings. The van der Waals surface area contributed by atoms with Gasteiger partial charge in [-0.3, -0.25) is 9.78 Å². The Morgan fingerprint density at radius 1 is 1.48 bits per heavy atom. The highest BCUT2D eigenvalue weighted by atomic mass is 35.5. The second-order valence-corrected chi connectivity index (χ2v) is 7.85. The average molecular weight is 338 g/mol. The molecule has 1 aliphatic carbocycles. The van der Waals surface area contributed by atoms with Gasteiger partial charge < -0.3 is 15.3 Å². The maximum Gasteiger partial charge on any atom is 0.253 e. The standard InChI is InChI=1S/C17H24ClN3O2/c1-10(2)15-17(9-21(15)3)5-13(14(22)6-17)20-16(23)11-4-12(18)8-19-7-11/h4,7-8,10,13-15,22H,5-6,9H2,1-3H3,(H,20,23)/t13-,14-,15?,17?/m1/s1. The number of hydrogen-bond donors (Lipinski definition) is 2. The Morgan fingerprint density at radius 3 is 2.83 bits per heavy atom. The van der Waals surface area contributed by atoms with Crippen LogP contribution < -0.4 is 5.32 Å². The molecule has 0 bridgehead atoms. The van der Waals surface area contributed by atoms with E-state index in [1.165, 1.54) is 12.4 Å². The summed E-state index contributed by atoms with van der Waals surface area (Å²) in [5.41, 5.74) is 0.546. The molecule has 1 aromatic rings. The third kappa shape index (κ3) is 2.97. The topological polar surface area (TPSA) is 65.5 Å². The Balaban J connectivity index is 1.69. The third-order valence-electron chi connectivity index (χ3n) is 5.29. The molecule has 0 aromatic carbocycles. The molecule has 1 aliphatic heterocycles. The van der Waals surface area contributed by atoms with Gasteiger partial charge in [0.15, 0.2) is 0 Å². The van der Waals surface area contributed by atoms with E-state index in [4.69, 9.17) is 11.6 Å². The predicted octanol–water partition coefficient (Wildman–Crippen LogP) is 1.94. The van der Waals surface area contributed by atoms with E-state index in [2.05, 4.69) is 36.1 Å². The van der Waals surface area contributed by atoms with Gasteiger partial charge in [-0.05, 0) is 31.9 Å². The monoisotopic (exact) mass is 337 g/mol. The largest absolute Gasteiger partial charge is 0.391 e. The summed E-state index contributed by atoms with van der Waals surface area (Å²) in [6, 6.07) is 1.85. The summed E-state index contributed by atoms with van der Waals surface area (Å²) in [5.74, 6) is 0.308. The van der Waals surface area contributed by atoms with Crippen molar-refractivity contribution in [1.29, 1.82) is 0 Å². The minimum Gasteiger partial charge on any atom is -0.391 e. The Morgan fingerprint density at radius 2 is 2.22 bits per heavy atom. The Bertz CT molecular complexity index is 605. The summed E-state index contributed by atoms with van der Waals surface area (Å²) < 4.78 is 0. The van der Waals surface area contributed by atoms with Gasteiger partial charge in [0.2, 0.25) is 0 Å². The summed E-state index contributed by atoms with van der Waals surface area (Å²) in [4.78, 5) is 18.7. The van der Waals surface area contributed by atoms with E-state index >= 15 is 0 Å². The molecule has 23 heavy (non-hydrogen) atoms. The molecule has 1 saturated heterocycles. The second kappa shape index (κ2) is 6.04. The fraction of sp³-hybridized carbons (Fsp3) is 0.647. The fourth-order valence-corrected chi connectivity index (χ4v) is 4.96. The first kappa shape index (κ1) is 16.7. The van der Waals surface area contributed by atoms with Crippen molar-refractivity contribution < 1.29 is 9.90 Å². The van der Waals surface area contributed by atoms with Crippen LogP contribution in [0.2, 0.25) is 5.02 Å². The Kier molecular flexibility index (Phi) is 4.38. The highest BCUT2D eigenvalue weighted by Gasteiger charge is 2.58. The fourth-order valence-electron chi connectivity index (χ4n) is 4.78. The van der Waals surface area contributed by atoms with Crippen molar-refractivity contribution in [3.05, 3.63) is 29.0 Å². The molecule has 2 fully saturated rings. The van der Waals surface area contributed by atoms with Crippen molar-refractivity contribution in [3.8, 4) is 0 Å². The number of hydrogen-bond acceptors (Lipinski definition) is 4. The Labute approximate surface area is 142 Å². The molecule has 2 heterocycles. The molecule has 0 radical (unpaired) electrons. The summed E-state index contributed by atoms with van der Waals surface area (Å²) in [7, 11) is 2.13. The van der Waals surface area contributed by atoms with Crippen molar-refractivity contribution in [2.24, 2.45) is 11.3 Å². The first-order valence-corrected chi connectivity index (χ1v) is 8.50. The van der Waals surface area contributed by atoms with E-state index in [1.54, 1.807) is 6.07 Å². The zero-order valence-corrected chi connectivity index (χ0v) is 14.5. The van der Waals surface area contributed by atoms with Crippen molar-refractivity contribution in [1.82, 2.24) is 15.2 Å². The van der Waals surface area contributed by atoms with E-state index in [-0.39, 0.29) is 17.4 Å². The SMILES string of the molecule is CC(C)C1N(C)CC12C[C@@H](O)[C@H](NC(=O)c1cncc(Cl)c1)C2. The molecule has 3 rings (SSSR count). The number of aliphatic hydroxyl groups is 1. The number of halogens is 1. The van der Waals surface area contributed by atoms with Gasteiger partial charge in [0.1, 0.15) is 0 Å². The molecule has 1 aromatic heterocycles. The van der Waals surface area contributed by atoms with Crippen LogP contribution in [-0.4, -0.2) is 52.7 Å². The van der Waals surface area contributed by atoms with Crippen molar-refractivity contribution in [2.45, 2.75) is 44.9 Å². The highest BCUT2D eigenvalue weighted by Crippen LogP contribution is 2.52. The maximum atomic E-state index is 12.4. The second-order valence-electron chi connectivity index (χ2n) is 7.41. The van der Waals surface area contributed by atoms with Gasteiger partial charge in [0, 0.05) is 30.4 Å². The van der Waals surface area contributed by atoms with E-state index in [0.29, 0.717) is 22.5 Å². The average Bonchev–Trinajstić information content (AvgIpc) is 2.75. The van der Waals surface area contributed by atoms with E-state index in [1.807, 2.05) is 0 Å². The number of carbonyl (C=O) groups is 1. The van der Waals surface area contributed by atoms with E-state index < -0.39 is 6.10 Å². The summed E-state index contributed by atoms with van der Waals surface area (Å²) >= 11 is 5.88. The number of likely N-dealkylation sites (tertiary alicyclic amines) is 1. The molecule has 5 nitrogen and oxygen atoms in total. The number of pyridine rings is 1. The zero-order chi connectivity index (χ0) is 16.8. The lowest BCUT2D eigenvalue weighted by Gasteiger charge is -2.57. The van der Waals surface area contributed by atoms with Gasteiger partial charge >= 0.3 is 0 Å². The van der Waals surface area contributed by atoms with Crippen LogP contribution in [0.4, 0.5) is 0 Å². The van der Waals surface area contributed by atoms with Crippen molar-refractivity contribution in [2.75, 3.05) is 13.6 Å². The van der Waals surface area contributed by atoms with Crippen molar-refractivity contribution >= 4 is 17.5 Å². The quantitative estimate of drug-likeness (QED) is 0.884. The van der Waals surface area contributed by atoms with Gasteiger partial charge in [-0.1, -0.05) is 25.4 Å². The first-order chi connectivity index (χ1) is 10.8. The number of aliphatic hydroxyl groups excluding tert-OH is 1. The molecule has 2 N–H and O–H groups in total. The third-order valence-corrected chi connectivity index (χ3v) is 5.49. The summed E-state index contributed by atoms with van der Waals surface area (Å²) in [6.45, 7) is 5.42. The zero-order valence-electron chi connectivity index (χ0n) is 13.8. The van der Waals surface area contributed by atoms with E-state index in [9.17, 15) is 9.90 Å². The lowest BCUT2D eigenvalue weighted by Crippen LogP contribution is -2.64. The molecule has 1 spiro atoms. The van der Waals surface area contributed by atoms with Crippen LogP contribution in [0.25, 0.3) is 0 Å². The van der Waals surface area contributed by atoms with E-state index in [0.717, 1.165) is 19.4 Å². The number of aromatic nitrogens is 1. The lowest BCUT2D eigenvalue weighted by atomic mass is 9.66. The predicted molar refractivity (Wildman–Crippen MR) is 89.4 cm³/mol. The molecular formula is C17H24ClN3O2. The molecule has 126 valence electrons. The van der Waals surface area contributed by atoms with Crippen LogP contribution in [-0.2, 0) is 0 Å². The van der Waals surface area contributed by atoms with Crippen molar-refractivity contribution in [3.63, 3.8) is 0 Å². The first-order valence-electron chi connectivity index (χ1n) is 8.12. The van der Waals surface area contributed by atoms with Gasteiger partial charge in [-0.15, -0.1) is 0 Å². The van der Waals surface area contributed by atoms with Gasteiger partial charge in [0.25, 0.3) is 5.91 Å². The number of amides is 1. The number of rotatable bonds is 3. The van der Waals surface area contributed by atoms with Gasteiger partial charge in [-0.25, -0.2) is 0 Å². The molecule has 4 atom stereocenters. The molecule has 1 amide bonds. The van der Waals surface area contributed by atoms with Crippen LogP contribution in [0.3, 0.4) is 0 Å². The lowest BCUT2D eigenvalue weighted by molar-refractivity contribution is -0.0827. The van der Waals surface area contributed by atoms with Crippen LogP contribution >= 0.6 is 11.6 Å². The summed E-state index contributed by atoms with van der Waals surface area (Å²) in [6.07, 6.45) is 4.06. The van der Waals surface area contributed by atoms with Crippen LogP contribution in [0.5, 0.6) is 0 Å². The highest BCUT2D eigenvalue weighted by molar-refractivity contribution is 6.30. The van der Waals surface area contributed by atoms with Crippen LogP contribution in [0.15, 0.2) is 18.5 Å². The number of carbonyl (C=O) groups excluding carboxylic acids is 1. The summed E-state index contributed by atoms with van der Waals surface area (Å²) in [5, 5.41) is 13.8. The number of nitrogens with zero attached hydrogens (tertiary/aromatic N) is 2. The number of nitrogens with one attached hydrogen (secondary N) is 1.